The van der Waals surface area contributed by atoms with Crippen molar-refractivity contribution in [3.05, 3.63) is 35.9 Å². The Morgan fingerprint density at radius 3 is 2.71 bits per heavy atom. The summed E-state index contributed by atoms with van der Waals surface area (Å²) in [7, 11) is 2.16. The maximum absolute atomic E-state index is 11.2. The molecule has 1 unspecified atom stereocenters. The number of nitrogens with zero attached hydrogens (tertiary/aromatic N) is 1. The fourth-order valence-electron chi connectivity index (χ4n) is 2.51. The summed E-state index contributed by atoms with van der Waals surface area (Å²) in [6.07, 6.45) is 3.90. The first-order valence-electron chi connectivity index (χ1n) is 6.48. The Morgan fingerprint density at radius 1 is 1.29 bits per heavy atom. The Balaban J connectivity index is 1.71. The standard InChI is InChI=1S/C15H21NO/c1-16(12-14-5-3-2-4-6-14)10-9-13-7-8-15(17)11-13/h2-6,13H,7-12H2,1H3. The molecular formula is C15H21NO. The van der Waals surface area contributed by atoms with Gasteiger partial charge in [-0.2, -0.15) is 0 Å². The predicted octanol–water partition coefficient (Wildman–Crippen LogP) is 2.88. The summed E-state index contributed by atoms with van der Waals surface area (Å²) in [5.41, 5.74) is 1.36. The lowest BCUT2D eigenvalue weighted by molar-refractivity contribution is -0.117. The SMILES string of the molecule is CN(CCC1CCC(=O)C1)Cc1ccccc1. The topological polar surface area (TPSA) is 20.3 Å². The lowest BCUT2D eigenvalue weighted by atomic mass is 10.0. The number of hydrogen-bond donors (Lipinski definition) is 0. The molecule has 0 aliphatic heterocycles. The van der Waals surface area contributed by atoms with Gasteiger partial charge in [0.2, 0.25) is 0 Å². The highest BCUT2D eigenvalue weighted by Crippen LogP contribution is 2.25. The van der Waals surface area contributed by atoms with E-state index in [0.29, 0.717) is 11.7 Å². The Labute approximate surface area is 104 Å². The second kappa shape index (κ2) is 5.97. The average molecular weight is 231 g/mol. The molecule has 1 fully saturated rings. The lowest BCUT2D eigenvalue weighted by Gasteiger charge is -2.18. The van der Waals surface area contributed by atoms with Crippen molar-refractivity contribution >= 4 is 5.78 Å². The molecule has 1 saturated carbocycles. The number of ketones is 1. The molecule has 2 rings (SSSR count). The zero-order valence-electron chi connectivity index (χ0n) is 10.6. The van der Waals surface area contributed by atoms with Gasteiger partial charge in [0.05, 0.1) is 0 Å². The van der Waals surface area contributed by atoms with E-state index in [9.17, 15) is 4.79 Å². The number of benzene rings is 1. The summed E-state index contributed by atoms with van der Waals surface area (Å²) in [6, 6.07) is 10.5. The van der Waals surface area contributed by atoms with Crippen molar-refractivity contribution in [2.45, 2.75) is 32.2 Å². The van der Waals surface area contributed by atoms with E-state index in [4.69, 9.17) is 0 Å². The van der Waals surface area contributed by atoms with Crippen molar-refractivity contribution < 1.29 is 4.79 Å². The van der Waals surface area contributed by atoms with Crippen molar-refractivity contribution in [2.75, 3.05) is 13.6 Å². The fraction of sp³-hybridized carbons (Fsp3) is 0.533. The minimum atomic E-state index is 0.459. The second-order valence-electron chi connectivity index (χ2n) is 5.16. The normalized spacial score (nSPS) is 20.1. The molecule has 1 atom stereocenters. The van der Waals surface area contributed by atoms with Crippen LogP contribution in [0.2, 0.25) is 0 Å². The van der Waals surface area contributed by atoms with Crippen LogP contribution in [-0.2, 0) is 11.3 Å². The molecule has 2 nitrogen and oxygen atoms in total. The predicted molar refractivity (Wildman–Crippen MR) is 69.7 cm³/mol. The Bertz CT molecular complexity index is 360. The van der Waals surface area contributed by atoms with Gasteiger partial charge < -0.3 is 4.90 Å². The summed E-state index contributed by atoms with van der Waals surface area (Å²) < 4.78 is 0. The summed E-state index contributed by atoms with van der Waals surface area (Å²) in [5.74, 6) is 1.10. The van der Waals surface area contributed by atoms with Crippen molar-refractivity contribution in [1.29, 1.82) is 0 Å². The third-order valence-electron chi connectivity index (χ3n) is 3.56. The van der Waals surface area contributed by atoms with Crippen molar-refractivity contribution in [1.82, 2.24) is 4.90 Å². The van der Waals surface area contributed by atoms with Gasteiger partial charge in [-0.05, 0) is 37.9 Å². The van der Waals surface area contributed by atoms with Crippen LogP contribution in [-0.4, -0.2) is 24.3 Å². The molecule has 1 aromatic carbocycles. The molecule has 0 amide bonds. The zero-order chi connectivity index (χ0) is 12.1. The molecule has 1 aliphatic rings. The van der Waals surface area contributed by atoms with Gasteiger partial charge in [0.15, 0.2) is 0 Å². The van der Waals surface area contributed by atoms with E-state index in [1.807, 2.05) is 6.07 Å². The van der Waals surface area contributed by atoms with Crippen LogP contribution in [0.4, 0.5) is 0 Å². The van der Waals surface area contributed by atoms with Crippen molar-refractivity contribution in [2.24, 2.45) is 5.92 Å². The maximum atomic E-state index is 11.2. The van der Waals surface area contributed by atoms with Crippen LogP contribution < -0.4 is 0 Å². The van der Waals surface area contributed by atoms with Gasteiger partial charge in [-0.1, -0.05) is 30.3 Å². The van der Waals surface area contributed by atoms with E-state index in [1.165, 1.54) is 5.56 Å². The van der Waals surface area contributed by atoms with Crippen LogP contribution in [0.15, 0.2) is 30.3 Å². The molecule has 0 saturated heterocycles. The minimum Gasteiger partial charge on any atom is -0.302 e. The summed E-state index contributed by atoms with van der Waals surface area (Å²) in [5, 5.41) is 0. The van der Waals surface area contributed by atoms with E-state index in [1.54, 1.807) is 0 Å². The van der Waals surface area contributed by atoms with E-state index in [-0.39, 0.29) is 0 Å². The second-order valence-corrected chi connectivity index (χ2v) is 5.16. The first-order valence-corrected chi connectivity index (χ1v) is 6.48. The highest BCUT2D eigenvalue weighted by atomic mass is 16.1. The third kappa shape index (κ3) is 3.97. The van der Waals surface area contributed by atoms with E-state index >= 15 is 0 Å². The fourth-order valence-corrected chi connectivity index (χ4v) is 2.51. The van der Waals surface area contributed by atoms with Gasteiger partial charge in [-0.15, -0.1) is 0 Å². The number of carbonyl (C=O) groups excluding carboxylic acids is 1. The Kier molecular flexibility index (Phi) is 4.32. The molecule has 2 heteroatoms. The maximum Gasteiger partial charge on any atom is 0.133 e. The quantitative estimate of drug-likeness (QED) is 0.776. The van der Waals surface area contributed by atoms with E-state index in [2.05, 4.69) is 36.2 Å². The molecule has 1 aliphatic carbocycles. The molecule has 0 aromatic heterocycles. The molecule has 1 aromatic rings. The van der Waals surface area contributed by atoms with Gasteiger partial charge in [-0.25, -0.2) is 0 Å². The first kappa shape index (κ1) is 12.3. The Morgan fingerprint density at radius 2 is 2.06 bits per heavy atom. The molecule has 0 N–H and O–H groups in total. The number of hydrogen-bond acceptors (Lipinski definition) is 2. The van der Waals surface area contributed by atoms with Crippen LogP contribution in [0, 0.1) is 5.92 Å². The number of Topliss-reactive ketones (excluding diaryl/α,β-unsaturated/α-hetero) is 1. The van der Waals surface area contributed by atoms with Crippen LogP contribution >= 0.6 is 0 Å². The average Bonchev–Trinajstić information content (AvgIpc) is 2.74. The van der Waals surface area contributed by atoms with Crippen LogP contribution in [0.5, 0.6) is 0 Å². The lowest BCUT2D eigenvalue weighted by Crippen LogP contribution is -2.20. The monoisotopic (exact) mass is 231 g/mol. The van der Waals surface area contributed by atoms with Crippen LogP contribution in [0.3, 0.4) is 0 Å². The molecule has 17 heavy (non-hydrogen) atoms. The smallest absolute Gasteiger partial charge is 0.133 e. The number of carbonyl (C=O) groups is 1. The summed E-state index contributed by atoms with van der Waals surface area (Å²) >= 11 is 0. The highest BCUT2D eigenvalue weighted by Gasteiger charge is 2.21. The molecule has 0 bridgehead atoms. The minimum absolute atomic E-state index is 0.459. The first-order chi connectivity index (χ1) is 8.24. The van der Waals surface area contributed by atoms with Gasteiger partial charge in [0.25, 0.3) is 0 Å². The molecule has 0 radical (unpaired) electrons. The van der Waals surface area contributed by atoms with E-state index < -0.39 is 0 Å². The zero-order valence-corrected chi connectivity index (χ0v) is 10.6. The third-order valence-corrected chi connectivity index (χ3v) is 3.56. The van der Waals surface area contributed by atoms with Crippen LogP contribution in [0.1, 0.15) is 31.2 Å². The van der Waals surface area contributed by atoms with Gasteiger partial charge in [0, 0.05) is 19.4 Å². The van der Waals surface area contributed by atoms with Crippen molar-refractivity contribution in [3.63, 3.8) is 0 Å². The van der Waals surface area contributed by atoms with Gasteiger partial charge >= 0.3 is 0 Å². The van der Waals surface area contributed by atoms with Crippen molar-refractivity contribution in [3.8, 4) is 0 Å². The largest absolute Gasteiger partial charge is 0.302 e. The summed E-state index contributed by atoms with van der Waals surface area (Å²) in [4.78, 5) is 13.5. The molecule has 0 heterocycles. The van der Waals surface area contributed by atoms with Crippen LogP contribution in [0.25, 0.3) is 0 Å². The summed E-state index contributed by atoms with van der Waals surface area (Å²) in [6.45, 7) is 2.09. The highest BCUT2D eigenvalue weighted by molar-refractivity contribution is 5.80. The number of rotatable bonds is 5. The molecular weight excluding hydrogens is 210 g/mol. The van der Waals surface area contributed by atoms with Gasteiger partial charge in [0.1, 0.15) is 5.78 Å². The molecule has 0 spiro atoms. The Hall–Kier alpha value is -1.15. The van der Waals surface area contributed by atoms with E-state index in [0.717, 1.165) is 38.8 Å². The van der Waals surface area contributed by atoms with Gasteiger partial charge in [-0.3, -0.25) is 4.79 Å². The molecule has 92 valence electrons.